The fraction of sp³-hybridized carbons (Fsp3) is 0.267. The van der Waals surface area contributed by atoms with E-state index >= 15 is 0 Å². The van der Waals surface area contributed by atoms with Gasteiger partial charge in [-0.25, -0.2) is 4.98 Å². The molecule has 1 heterocycles. The molecule has 0 fully saturated rings. The van der Waals surface area contributed by atoms with Gasteiger partial charge in [0.05, 0.1) is 19.4 Å². The minimum atomic E-state index is -0.796. The van der Waals surface area contributed by atoms with Crippen molar-refractivity contribution in [2.24, 2.45) is 0 Å². The third-order valence-corrected chi connectivity index (χ3v) is 2.72. The van der Waals surface area contributed by atoms with Gasteiger partial charge in [-0.1, -0.05) is 18.2 Å². The molecule has 0 amide bonds. The van der Waals surface area contributed by atoms with Gasteiger partial charge >= 0.3 is 0 Å². The summed E-state index contributed by atoms with van der Waals surface area (Å²) in [7, 11) is 1.55. The number of rotatable bonds is 5. The summed E-state index contributed by atoms with van der Waals surface area (Å²) < 4.78 is 10.5. The molecule has 1 aromatic carbocycles. The summed E-state index contributed by atoms with van der Waals surface area (Å²) in [6, 6.07) is 12.7. The third kappa shape index (κ3) is 3.23. The van der Waals surface area contributed by atoms with Crippen molar-refractivity contribution in [2.75, 3.05) is 13.7 Å². The normalized spacial score (nSPS) is 11.9. The maximum absolute atomic E-state index is 10.3. The number of hydrogen-bond donors (Lipinski definition) is 1. The number of aromatic nitrogens is 1. The van der Waals surface area contributed by atoms with Gasteiger partial charge in [-0.05, 0) is 30.7 Å². The predicted octanol–water partition coefficient (Wildman–Crippen LogP) is 2.57. The van der Waals surface area contributed by atoms with Crippen molar-refractivity contribution in [1.82, 2.24) is 4.98 Å². The number of pyridine rings is 1. The average Bonchev–Trinajstić information content (AvgIpc) is 2.47. The minimum absolute atomic E-state index is 0.484. The van der Waals surface area contributed by atoms with Crippen LogP contribution in [0.2, 0.25) is 0 Å². The first-order valence-electron chi connectivity index (χ1n) is 6.16. The summed E-state index contributed by atoms with van der Waals surface area (Å²) in [6.07, 6.45) is -0.796. The molecule has 0 aliphatic carbocycles. The van der Waals surface area contributed by atoms with Crippen LogP contribution in [-0.4, -0.2) is 23.8 Å². The average molecular weight is 259 g/mol. The fourth-order valence-corrected chi connectivity index (χ4v) is 1.81. The van der Waals surface area contributed by atoms with Gasteiger partial charge in [0, 0.05) is 6.07 Å². The molecule has 1 unspecified atom stereocenters. The Kier molecular flexibility index (Phi) is 4.36. The molecule has 0 radical (unpaired) electrons. The first-order chi connectivity index (χ1) is 9.24. The van der Waals surface area contributed by atoms with Crippen LogP contribution in [0.15, 0.2) is 42.5 Å². The van der Waals surface area contributed by atoms with Crippen LogP contribution in [0.25, 0.3) is 0 Å². The lowest BCUT2D eigenvalue weighted by atomic mass is 10.1. The summed E-state index contributed by atoms with van der Waals surface area (Å²) in [4.78, 5) is 4.23. The number of aliphatic hydroxyl groups is 1. The second-order valence-electron chi connectivity index (χ2n) is 4.01. The molecule has 0 spiro atoms. The fourth-order valence-electron chi connectivity index (χ4n) is 1.81. The van der Waals surface area contributed by atoms with Crippen LogP contribution >= 0.6 is 0 Å². The van der Waals surface area contributed by atoms with Gasteiger partial charge < -0.3 is 14.6 Å². The van der Waals surface area contributed by atoms with Crippen molar-refractivity contribution < 1.29 is 14.6 Å². The largest absolute Gasteiger partial charge is 0.494 e. The van der Waals surface area contributed by atoms with Crippen molar-refractivity contribution in [3.63, 3.8) is 0 Å². The Morgan fingerprint density at radius 1 is 1.21 bits per heavy atom. The van der Waals surface area contributed by atoms with Gasteiger partial charge in [0.15, 0.2) is 0 Å². The lowest BCUT2D eigenvalue weighted by molar-refractivity contribution is 0.213. The number of aliphatic hydroxyl groups excluding tert-OH is 1. The number of hydrogen-bond acceptors (Lipinski definition) is 4. The van der Waals surface area contributed by atoms with E-state index in [0.717, 1.165) is 11.3 Å². The van der Waals surface area contributed by atoms with Crippen LogP contribution in [0.4, 0.5) is 0 Å². The molecule has 1 N–H and O–H groups in total. The highest BCUT2D eigenvalue weighted by Crippen LogP contribution is 2.25. The van der Waals surface area contributed by atoms with E-state index in [1.54, 1.807) is 25.3 Å². The van der Waals surface area contributed by atoms with Gasteiger partial charge in [0.1, 0.15) is 11.9 Å². The predicted molar refractivity (Wildman–Crippen MR) is 72.5 cm³/mol. The summed E-state index contributed by atoms with van der Waals surface area (Å²) in [5.41, 5.74) is 1.29. The lowest BCUT2D eigenvalue weighted by Gasteiger charge is -2.12. The monoisotopic (exact) mass is 259 g/mol. The van der Waals surface area contributed by atoms with Crippen molar-refractivity contribution in [3.05, 3.63) is 53.7 Å². The number of benzene rings is 1. The van der Waals surface area contributed by atoms with E-state index < -0.39 is 6.10 Å². The van der Waals surface area contributed by atoms with E-state index in [1.165, 1.54) is 0 Å². The van der Waals surface area contributed by atoms with Crippen LogP contribution in [0, 0.1) is 0 Å². The molecule has 4 nitrogen and oxygen atoms in total. The van der Waals surface area contributed by atoms with Crippen molar-refractivity contribution in [3.8, 4) is 11.6 Å². The SMILES string of the molecule is CCOc1cccc(C(O)c2cccc(OC)n2)c1. The Morgan fingerprint density at radius 3 is 2.74 bits per heavy atom. The first kappa shape index (κ1) is 13.4. The second-order valence-corrected chi connectivity index (χ2v) is 4.01. The molecule has 19 heavy (non-hydrogen) atoms. The molecule has 0 saturated carbocycles. The van der Waals surface area contributed by atoms with Crippen LogP contribution in [0.5, 0.6) is 11.6 Å². The standard InChI is InChI=1S/C15H17NO3/c1-3-19-12-7-4-6-11(10-12)15(17)13-8-5-9-14(16-13)18-2/h4-10,15,17H,3H2,1-2H3. The number of ether oxygens (including phenoxy) is 2. The maximum atomic E-state index is 10.3. The number of methoxy groups -OCH3 is 1. The van der Waals surface area contributed by atoms with E-state index in [1.807, 2.05) is 31.2 Å². The molecular weight excluding hydrogens is 242 g/mol. The Bertz CT molecular complexity index is 542. The van der Waals surface area contributed by atoms with Crippen molar-refractivity contribution in [1.29, 1.82) is 0 Å². The molecule has 1 aromatic heterocycles. The molecular formula is C15H17NO3. The first-order valence-corrected chi connectivity index (χ1v) is 6.16. The highest BCUT2D eigenvalue weighted by molar-refractivity contribution is 5.34. The zero-order valence-electron chi connectivity index (χ0n) is 11.0. The highest BCUT2D eigenvalue weighted by atomic mass is 16.5. The molecule has 2 rings (SSSR count). The Morgan fingerprint density at radius 2 is 2.00 bits per heavy atom. The van der Waals surface area contributed by atoms with E-state index in [0.29, 0.717) is 18.2 Å². The van der Waals surface area contributed by atoms with Gasteiger partial charge in [-0.2, -0.15) is 0 Å². The van der Waals surface area contributed by atoms with Crippen LogP contribution in [-0.2, 0) is 0 Å². The Hall–Kier alpha value is -2.07. The van der Waals surface area contributed by atoms with Gasteiger partial charge in [-0.15, -0.1) is 0 Å². The van der Waals surface area contributed by atoms with E-state index in [9.17, 15) is 5.11 Å². The topological polar surface area (TPSA) is 51.6 Å². The van der Waals surface area contributed by atoms with E-state index in [-0.39, 0.29) is 0 Å². The van der Waals surface area contributed by atoms with Crippen LogP contribution in [0.1, 0.15) is 24.3 Å². The third-order valence-electron chi connectivity index (χ3n) is 2.72. The van der Waals surface area contributed by atoms with Crippen LogP contribution < -0.4 is 9.47 Å². The number of nitrogens with zero attached hydrogens (tertiary/aromatic N) is 1. The van der Waals surface area contributed by atoms with Gasteiger partial charge in [0.25, 0.3) is 0 Å². The molecule has 4 heteroatoms. The molecule has 0 aliphatic rings. The minimum Gasteiger partial charge on any atom is -0.494 e. The molecule has 100 valence electrons. The van der Waals surface area contributed by atoms with E-state index in [2.05, 4.69) is 4.98 Å². The molecule has 1 atom stereocenters. The molecule has 0 saturated heterocycles. The maximum Gasteiger partial charge on any atom is 0.213 e. The Labute approximate surface area is 112 Å². The Balaban J connectivity index is 2.27. The highest BCUT2D eigenvalue weighted by Gasteiger charge is 2.13. The van der Waals surface area contributed by atoms with Crippen molar-refractivity contribution >= 4 is 0 Å². The zero-order chi connectivity index (χ0) is 13.7. The summed E-state index contributed by atoms with van der Waals surface area (Å²) >= 11 is 0. The molecule has 2 aromatic rings. The summed E-state index contributed by atoms with van der Waals surface area (Å²) in [5.74, 6) is 1.22. The lowest BCUT2D eigenvalue weighted by Crippen LogP contribution is -2.03. The second kappa shape index (κ2) is 6.20. The zero-order valence-corrected chi connectivity index (χ0v) is 11.0. The molecule has 0 aliphatic heterocycles. The smallest absolute Gasteiger partial charge is 0.213 e. The summed E-state index contributed by atoms with van der Waals surface area (Å²) in [6.45, 7) is 2.52. The van der Waals surface area contributed by atoms with Crippen LogP contribution in [0.3, 0.4) is 0 Å². The van der Waals surface area contributed by atoms with Gasteiger partial charge in [-0.3, -0.25) is 0 Å². The quantitative estimate of drug-likeness (QED) is 0.896. The van der Waals surface area contributed by atoms with Crippen molar-refractivity contribution in [2.45, 2.75) is 13.0 Å². The summed E-state index contributed by atoms with van der Waals surface area (Å²) in [5, 5.41) is 10.3. The van der Waals surface area contributed by atoms with Gasteiger partial charge in [0.2, 0.25) is 5.88 Å². The molecule has 0 bridgehead atoms. The van der Waals surface area contributed by atoms with E-state index in [4.69, 9.17) is 9.47 Å².